The Balaban J connectivity index is 5.02. The second kappa shape index (κ2) is 11.0. The molecule has 28 heavy (non-hydrogen) atoms. The molecule has 2 amide bonds. The van der Waals surface area contributed by atoms with Gasteiger partial charge in [0.05, 0.1) is 14.2 Å². The second-order valence-corrected chi connectivity index (χ2v) is 8.52. The fourth-order valence-electron chi connectivity index (χ4n) is 2.20. The first kappa shape index (κ1) is 25.9. The minimum absolute atomic E-state index is 0.240. The first-order valence-electron chi connectivity index (χ1n) is 9.57. The Kier molecular flexibility index (Phi) is 10.2. The molecule has 8 heteroatoms. The lowest BCUT2D eigenvalue weighted by molar-refractivity contribution is -0.147. The highest BCUT2D eigenvalue weighted by Crippen LogP contribution is 2.20. The van der Waals surface area contributed by atoms with E-state index in [1.54, 1.807) is 34.6 Å². The Morgan fingerprint density at radius 1 is 0.786 bits per heavy atom. The number of hydrogen-bond acceptors (Lipinski definition) is 6. The Labute approximate surface area is 168 Å². The van der Waals surface area contributed by atoms with Crippen LogP contribution in [0.3, 0.4) is 0 Å². The van der Waals surface area contributed by atoms with Crippen molar-refractivity contribution in [3.8, 4) is 0 Å². The number of esters is 2. The van der Waals surface area contributed by atoms with Gasteiger partial charge in [-0.3, -0.25) is 9.59 Å². The molecule has 0 saturated heterocycles. The molecule has 8 nitrogen and oxygen atoms in total. The molecule has 0 bridgehead atoms. The molecule has 0 aromatic heterocycles. The van der Waals surface area contributed by atoms with Gasteiger partial charge < -0.3 is 20.1 Å². The molecule has 0 fully saturated rings. The third kappa shape index (κ3) is 8.27. The molecule has 0 heterocycles. The van der Waals surface area contributed by atoms with E-state index in [1.807, 2.05) is 6.92 Å². The van der Waals surface area contributed by atoms with Crippen LogP contribution in [-0.2, 0) is 28.7 Å². The third-order valence-electron chi connectivity index (χ3n) is 4.75. The van der Waals surface area contributed by atoms with E-state index >= 15 is 0 Å². The van der Waals surface area contributed by atoms with Gasteiger partial charge in [-0.25, -0.2) is 9.59 Å². The number of amides is 2. The molecule has 0 saturated carbocycles. The molecule has 162 valence electrons. The molecule has 0 aromatic carbocycles. The number of hydrogen-bond donors (Lipinski definition) is 2. The van der Waals surface area contributed by atoms with Gasteiger partial charge in [0.2, 0.25) is 11.8 Å². The van der Waals surface area contributed by atoms with Gasteiger partial charge >= 0.3 is 11.9 Å². The number of carbonyl (C=O) groups is 4. The molecular formula is C20H36N2O6. The van der Waals surface area contributed by atoms with Crippen molar-refractivity contribution in [2.24, 2.45) is 10.8 Å². The number of nitrogens with one attached hydrogen (secondary N) is 2. The van der Waals surface area contributed by atoms with Crippen LogP contribution in [0.4, 0.5) is 0 Å². The summed E-state index contributed by atoms with van der Waals surface area (Å²) in [5.41, 5.74) is -1.26. The van der Waals surface area contributed by atoms with E-state index in [1.165, 1.54) is 14.2 Å². The fraction of sp³-hybridized carbons (Fsp3) is 0.800. The first-order valence-corrected chi connectivity index (χ1v) is 9.57. The summed E-state index contributed by atoms with van der Waals surface area (Å²) >= 11 is 0. The average Bonchev–Trinajstić information content (AvgIpc) is 2.63. The predicted molar refractivity (Wildman–Crippen MR) is 105 cm³/mol. The first-order chi connectivity index (χ1) is 12.8. The summed E-state index contributed by atoms with van der Waals surface area (Å²) < 4.78 is 9.54. The van der Waals surface area contributed by atoms with Crippen LogP contribution in [0.5, 0.6) is 0 Å². The highest BCUT2D eigenvalue weighted by atomic mass is 16.5. The molecule has 2 N–H and O–H groups in total. The summed E-state index contributed by atoms with van der Waals surface area (Å²) in [5, 5.41) is 5.41. The summed E-state index contributed by atoms with van der Waals surface area (Å²) in [6.07, 6.45) is 1.57. The lowest BCUT2D eigenvalue weighted by Crippen LogP contribution is -2.48. The molecule has 0 radical (unpaired) electrons. The summed E-state index contributed by atoms with van der Waals surface area (Å²) in [4.78, 5) is 48.6. The van der Waals surface area contributed by atoms with Crippen molar-refractivity contribution in [3.63, 3.8) is 0 Å². The maximum Gasteiger partial charge on any atom is 0.328 e. The molecule has 2 unspecified atom stereocenters. The van der Waals surface area contributed by atoms with Gasteiger partial charge in [-0.05, 0) is 25.7 Å². The van der Waals surface area contributed by atoms with Crippen molar-refractivity contribution in [1.29, 1.82) is 0 Å². The van der Waals surface area contributed by atoms with Gasteiger partial charge in [0, 0.05) is 10.8 Å². The number of ether oxygens (including phenoxy) is 2. The summed E-state index contributed by atoms with van der Waals surface area (Å²) in [6, 6.07) is -1.64. The quantitative estimate of drug-likeness (QED) is 0.542. The molecule has 0 aliphatic carbocycles. The summed E-state index contributed by atoms with van der Waals surface area (Å²) in [7, 11) is 2.51. The van der Waals surface area contributed by atoms with Gasteiger partial charge in [-0.2, -0.15) is 0 Å². The van der Waals surface area contributed by atoms with Crippen LogP contribution in [0, 0.1) is 10.8 Å². The average molecular weight is 401 g/mol. The van der Waals surface area contributed by atoms with E-state index in [9.17, 15) is 19.2 Å². The second-order valence-electron chi connectivity index (χ2n) is 8.52. The van der Waals surface area contributed by atoms with E-state index in [0.29, 0.717) is 12.8 Å². The van der Waals surface area contributed by atoms with Crippen LogP contribution in [-0.4, -0.2) is 50.1 Å². The monoisotopic (exact) mass is 400 g/mol. The zero-order chi connectivity index (χ0) is 22.1. The van der Waals surface area contributed by atoms with Crippen molar-refractivity contribution in [3.05, 3.63) is 0 Å². The molecule has 0 aromatic rings. The number of methoxy groups -OCH3 is 2. The van der Waals surface area contributed by atoms with Crippen LogP contribution >= 0.6 is 0 Å². The van der Waals surface area contributed by atoms with Gasteiger partial charge in [-0.1, -0.05) is 41.5 Å². The van der Waals surface area contributed by atoms with Crippen molar-refractivity contribution in [2.75, 3.05) is 14.2 Å². The van der Waals surface area contributed by atoms with Gasteiger partial charge in [-0.15, -0.1) is 0 Å². The summed E-state index contributed by atoms with van der Waals surface area (Å²) in [5.74, 6) is -1.61. The predicted octanol–water partition coefficient (Wildman–Crippen LogP) is 1.95. The van der Waals surface area contributed by atoms with E-state index in [2.05, 4.69) is 10.6 Å². The molecule has 0 aliphatic heterocycles. The van der Waals surface area contributed by atoms with Crippen LogP contribution in [0.2, 0.25) is 0 Å². The van der Waals surface area contributed by atoms with E-state index in [0.717, 1.165) is 0 Å². The van der Waals surface area contributed by atoms with Crippen molar-refractivity contribution >= 4 is 23.8 Å². The van der Waals surface area contributed by atoms with Crippen molar-refractivity contribution < 1.29 is 28.7 Å². The fourth-order valence-corrected chi connectivity index (χ4v) is 2.20. The van der Waals surface area contributed by atoms with Crippen LogP contribution in [0.1, 0.15) is 67.2 Å². The van der Waals surface area contributed by atoms with Crippen LogP contribution < -0.4 is 10.6 Å². The lowest BCUT2D eigenvalue weighted by atomic mass is 9.88. The van der Waals surface area contributed by atoms with Gasteiger partial charge in [0.1, 0.15) is 12.1 Å². The normalized spacial score (nSPS) is 13.9. The largest absolute Gasteiger partial charge is 0.467 e. The molecule has 2 atom stereocenters. The standard InChI is InChI=1S/C20H36N2O6/c1-9-20(5,6)18(26)22-14(16(24)28-8)12-10-11-13(15(23)27-7)21-17(25)19(2,3)4/h13-14H,9-12H2,1-8H3,(H,21,25)(H,22,26). The third-order valence-corrected chi connectivity index (χ3v) is 4.75. The Bertz CT molecular complexity index is 566. The maximum atomic E-state index is 12.4. The van der Waals surface area contributed by atoms with Crippen LogP contribution in [0.15, 0.2) is 0 Å². The molecule has 0 spiro atoms. The minimum atomic E-state index is -0.821. The lowest BCUT2D eigenvalue weighted by Gasteiger charge is -2.26. The maximum absolute atomic E-state index is 12.4. The van der Waals surface area contributed by atoms with Crippen LogP contribution in [0.25, 0.3) is 0 Å². The Morgan fingerprint density at radius 3 is 1.50 bits per heavy atom. The zero-order valence-electron chi connectivity index (χ0n) is 18.4. The SMILES string of the molecule is CCC(C)(C)C(=O)NC(CCCC(NC(=O)C(C)(C)C)C(=O)OC)C(=O)OC. The molecule has 0 rings (SSSR count). The van der Waals surface area contributed by atoms with E-state index in [-0.39, 0.29) is 24.7 Å². The zero-order valence-corrected chi connectivity index (χ0v) is 18.4. The van der Waals surface area contributed by atoms with E-state index < -0.39 is 34.9 Å². The highest BCUT2D eigenvalue weighted by molar-refractivity contribution is 5.88. The number of rotatable bonds is 10. The Hall–Kier alpha value is -2.12. The van der Waals surface area contributed by atoms with Crippen molar-refractivity contribution in [2.45, 2.75) is 79.3 Å². The summed E-state index contributed by atoms with van der Waals surface area (Å²) in [6.45, 7) is 10.7. The van der Waals surface area contributed by atoms with E-state index in [4.69, 9.17) is 9.47 Å². The van der Waals surface area contributed by atoms with Gasteiger partial charge in [0.15, 0.2) is 0 Å². The van der Waals surface area contributed by atoms with Gasteiger partial charge in [0.25, 0.3) is 0 Å². The highest BCUT2D eigenvalue weighted by Gasteiger charge is 2.31. The topological polar surface area (TPSA) is 111 Å². The van der Waals surface area contributed by atoms with Crippen molar-refractivity contribution in [1.82, 2.24) is 10.6 Å². The smallest absolute Gasteiger partial charge is 0.328 e. The molecule has 0 aliphatic rings. The Morgan fingerprint density at radius 2 is 1.18 bits per heavy atom. The number of carbonyl (C=O) groups excluding carboxylic acids is 4. The molecular weight excluding hydrogens is 364 g/mol. The minimum Gasteiger partial charge on any atom is -0.467 e.